The van der Waals surface area contributed by atoms with Crippen molar-refractivity contribution in [1.29, 1.82) is 0 Å². The van der Waals surface area contributed by atoms with Crippen molar-refractivity contribution in [3.05, 3.63) is 71.3 Å². The van der Waals surface area contributed by atoms with Gasteiger partial charge in [0, 0.05) is 25.0 Å². The highest BCUT2D eigenvalue weighted by molar-refractivity contribution is 5.74. The van der Waals surface area contributed by atoms with Crippen LogP contribution in [0.4, 0.5) is 4.79 Å². The minimum atomic E-state index is -0.102. The van der Waals surface area contributed by atoms with Crippen LogP contribution >= 0.6 is 0 Å². The maximum absolute atomic E-state index is 12.5. The third kappa shape index (κ3) is 4.85. The number of nitrogens with one attached hydrogen (secondary N) is 1. The smallest absolute Gasteiger partial charge is 0.317 e. The molecule has 128 valence electrons. The van der Waals surface area contributed by atoms with Crippen LogP contribution in [0.2, 0.25) is 0 Å². The van der Waals surface area contributed by atoms with Crippen LogP contribution in [0.3, 0.4) is 0 Å². The predicted molar refractivity (Wildman–Crippen MR) is 100 cm³/mol. The molecule has 2 aromatic carbocycles. The van der Waals surface area contributed by atoms with Gasteiger partial charge in [0.05, 0.1) is 0 Å². The standard InChI is InChI=1S/C21H28N2O/c1-5-23(15-18-9-7-6-8-10-18)20(24)22-16-21(3,4)19-13-11-17(2)12-14-19/h6-14H,5,15-16H2,1-4H3,(H,22,24). The van der Waals surface area contributed by atoms with Gasteiger partial charge < -0.3 is 10.2 Å². The lowest BCUT2D eigenvalue weighted by atomic mass is 9.84. The fourth-order valence-electron chi connectivity index (χ4n) is 2.65. The second kappa shape index (κ2) is 8.00. The fourth-order valence-corrected chi connectivity index (χ4v) is 2.65. The lowest BCUT2D eigenvalue weighted by molar-refractivity contribution is 0.195. The number of benzene rings is 2. The summed E-state index contributed by atoms with van der Waals surface area (Å²) in [4.78, 5) is 14.4. The van der Waals surface area contributed by atoms with E-state index in [1.165, 1.54) is 11.1 Å². The number of hydrogen-bond donors (Lipinski definition) is 1. The van der Waals surface area contributed by atoms with Crippen molar-refractivity contribution in [2.75, 3.05) is 13.1 Å². The van der Waals surface area contributed by atoms with Gasteiger partial charge in [-0.3, -0.25) is 0 Å². The van der Waals surface area contributed by atoms with Crippen molar-refractivity contribution in [3.8, 4) is 0 Å². The van der Waals surface area contributed by atoms with E-state index in [2.05, 4.69) is 50.4 Å². The Bertz CT molecular complexity index is 647. The molecule has 0 fully saturated rings. The highest BCUT2D eigenvalue weighted by Crippen LogP contribution is 2.22. The van der Waals surface area contributed by atoms with Gasteiger partial charge in [0.25, 0.3) is 0 Å². The molecule has 3 heteroatoms. The van der Waals surface area contributed by atoms with Crippen molar-refractivity contribution < 1.29 is 4.79 Å². The minimum Gasteiger partial charge on any atom is -0.337 e. The second-order valence-corrected chi connectivity index (χ2v) is 6.91. The number of urea groups is 1. The Morgan fingerprint density at radius 2 is 1.67 bits per heavy atom. The van der Waals surface area contributed by atoms with Gasteiger partial charge in [-0.05, 0) is 25.0 Å². The molecule has 2 rings (SSSR count). The van der Waals surface area contributed by atoms with Gasteiger partial charge in [-0.2, -0.15) is 0 Å². The van der Waals surface area contributed by atoms with Crippen molar-refractivity contribution in [2.45, 2.75) is 39.7 Å². The molecule has 0 unspecified atom stereocenters. The van der Waals surface area contributed by atoms with Crippen molar-refractivity contribution in [3.63, 3.8) is 0 Å². The van der Waals surface area contributed by atoms with Gasteiger partial charge in [0.2, 0.25) is 0 Å². The number of carbonyl (C=O) groups is 1. The summed E-state index contributed by atoms with van der Waals surface area (Å²) >= 11 is 0. The lowest BCUT2D eigenvalue weighted by Crippen LogP contribution is -2.44. The van der Waals surface area contributed by atoms with Gasteiger partial charge in [-0.25, -0.2) is 4.79 Å². The Hall–Kier alpha value is -2.29. The zero-order valence-electron chi connectivity index (χ0n) is 15.2. The zero-order valence-corrected chi connectivity index (χ0v) is 15.2. The number of rotatable bonds is 6. The topological polar surface area (TPSA) is 32.3 Å². The Morgan fingerprint density at radius 3 is 2.25 bits per heavy atom. The van der Waals surface area contributed by atoms with Crippen molar-refractivity contribution in [1.82, 2.24) is 10.2 Å². The largest absolute Gasteiger partial charge is 0.337 e. The van der Waals surface area contributed by atoms with Crippen LogP contribution in [0.15, 0.2) is 54.6 Å². The van der Waals surface area contributed by atoms with Crippen LogP contribution in [0, 0.1) is 6.92 Å². The quantitative estimate of drug-likeness (QED) is 0.833. The molecular formula is C21H28N2O. The van der Waals surface area contributed by atoms with E-state index in [9.17, 15) is 4.79 Å². The average molecular weight is 324 g/mol. The average Bonchev–Trinajstić information content (AvgIpc) is 2.59. The molecule has 0 spiro atoms. The maximum atomic E-state index is 12.5. The summed E-state index contributed by atoms with van der Waals surface area (Å²) in [6, 6.07) is 18.6. The van der Waals surface area contributed by atoms with Gasteiger partial charge in [-0.15, -0.1) is 0 Å². The number of amides is 2. The summed E-state index contributed by atoms with van der Waals surface area (Å²) < 4.78 is 0. The Labute approximate surface area is 145 Å². The van der Waals surface area contributed by atoms with Crippen LogP contribution in [-0.2, 0) is 12.0 Å². The number of carbonyl (C=O) groups excluding carboxylic acids is 1. The molecule has 0 aromatic heterocycles. The summed E-state index contributed by atoms with van der Waals surface area (Å²) in [5.41, 5.74) is 3.53. The molecule has 0 aliphatic heterocycles. The Kier molecular flexibility index (Phi) is 6.02. The third-order valence-corrected chi connectivity index (χ3v) is 4.40. The van der Waals surface area contributed by atoms with E-state index >= 15 is 0 Å². The molecule has 0 atom stereocenters. The molecule has 0 saturated heterocycles. The number of nitrogens with zero attached hydrogens (tertiary/aromatic N) is 1. The first-order valence-corrected chi connectivity index (χ1v) is 8.56. The van der Waals surface area contributed by atoms with E-state index in [1.54, 1.807) is 0 Å². The van der Waals surface area contributed by atoms with E-state index in [0.29, 0.717) is 19.6 Å². The van der Waals surface area contributed by atoms with E-state index in [0.717, 1.165) is 5.56 Å². The van der Waals surface area contributed by atoms with E-state index in [1.807, 2.05) is 42.2 Å². The molecule has 0 radical (unpaired) electrons. The first-order chi connectivity index (χ1) is 11.4. The number of aryl methyl sites for hydroxylation is 1. The minimum absolute atomic E-state index is 0.0125. The summed E-state index contributed by atoms with van der Waals surface area (Å²) in [6.07, 6.45) is 0. The zero-order chi connectivity index (χ0) is 17.6. The molecule has 0 saturated carbocycles. The molecular weight excluding hydrogens is 296 g/mol. The highest BCUT2D eigenvalue weighted by atomic mass is 16.2. The number of hydrogen-bond acceptors (Lipinski definition) is 1. The molecule has 24 heavy (non-hydrogen) atoms. The van der Waals surface area contributed by atoms with Crippen molar-refractivity contribution in [2.24, 2.45) is 0 Å². The molecule has 2 amide bonds. The van der Waals surface area contributed by atoms with Crippen LogP contribution in [-0.4, -0.2) is 24.0 Å². The van der Waals surface area contributed by atoms with Crippen LogP contribution < -0.4 is 5.32 Å². The van der Waals surface area contributed by atoms with Crippen LogP contribution in [0.1, 0.15) is 37.5 Å². The van der Waals surface area contributed by atoms with Crippen LogP contribution in [0.25, 0.3) is 0 Å². The van der Waals surface area contributed by atoms with Gasteiger partial charge >= 0.3 is 6.03 Å². The fraction of sp³-hybridized carbons (Fsp3) is 0.381. The van der Waals surface area contributed by atoms with Gasteiger partial charge in [0.1, 0.15) is 0 Å². The Balaban J connectivity index is 1.96. The molecule has 0 aliphatic rings. The summed E-state index contributed by atoms with van der Waals surface area (Å²) in [6.45, 7) is 10.3. The first-order valence-electron chi connectivity index (χ1n) is 8.56. The monoisotopic (exact) mass is 324 g/mol. The molecule has 3 nitrogen and oxygen atoms in total. The SMILES string of the molecule is CCN(Cc1ccccc1)C(=O)NCC(C)(C)c1ccc(C)cc1. The third-order valence-electron chi connectivity index (χ3n) is 4.40. The molecule has 0 bridgehead atoms. The molecule has 0 heterocycles. The maximum Gasteiger partial charge on any atom is 0.317 e. The van der Waals surface area contributed by atoms with Gasteiger partial charge in [0.15, 0.2) is 0 Å². The van der Waals surface area contributed by atoms with E-state index in [4.69, 9.17) is 0 Å². The molecule has 1 N–H and O–H groups in total. The summed E-state index contributed by atoms with van der Waals surface area (Å²) in [7, 11) is 0. The summed E-state index contributed by atoms with van der Waals surface area (Å²) in [5, 5.41) is 3.09. The van der Waals surface area contributed by atoms with Crippen LogP contribution in [0.5, 0.6) is 0 Å². The van der Waals surface area contributed by atoms with E-state index < -0.39 is 0 Å². The predicted octanol–water partition coefficient (Wildman–Crippen LogP) is 4.50. The summed E-state index contributed by atoms with van der Waals surface area (Å²) in [5.74, 6) is 0. The second-order valence-electron chi connectivity index (χ2n) is 6.91. The van der Waals surface area contributed by atoms with Gasteiger partial charge in [-0.1, -0.05) is 74.0 Å². The van der Waals surface area contributed by atoms with Crippen molar-refractivity contribution >= 4 is 6.03 Å². The Morgan fingerprint density at radius 1 is 1.04 bits per heavy atom. The first kappa shape index (κ1) is 18.1. The highest BCUT2D eigenvalue weighted by Gasteiger charge is 2.22. The molecule has 2 aromatic rings. The van der Waals surface area contributed by atoms with E-state index in [-0.39, 0.29) is 11.4 Å². The normalized spacial score (nSPS) is 11.2. The molecule has 0 aliphatic carbocycles. The lowest BCUT2D eigenvalue weighted by Gasteiger charge is -2.28.